The lowest BCUT2D eigenvalue weighted by Crippen LogP contribution is -2.28. The number of hydrogen-bond acceptors (Lipinski definition) is 6. The van der Waals surface area contributed by atoms with Crippen LogP contribution in [0.15, 0.2) is 73.2 Å². The molecular formula is C24H22N4O3S. The lowest BCUT2D eigenvalue weighted by Gasteiger charge is -2.16. The van der Waals surface area contributed by atoms with Crippen LogP contribution in [0.4, 0.5) is 5.69 Å². The van der Waals surface area contributed by atoms with E-state index in [0.29, 0.717) is 40.5 Å². The maximum Gasteiger partial charge on any atom is 0.246 e. The molecule has 0 aliphatic carbocycles. The molecule has 0 unspecified atom stereocenters. The Bertz CT molecular complexity index is 1240. The van der Waals surface area contributed by atoms with Crippen molar-refractivity contribution in [3.63, 3.8) is 0 Å². The molecule has 4 rings (SSSR count). The highest BCUT2D eigenvalue weighted by Crippen LogP contribution is 2.39. The van der Waals surface area contributed by atoms with E-state index in [1.54, 1.807) is 38.6 Å². The summed E-state index contributed by atoms with van der Waals surface area (Å²) in [5, 5.41) is 9.14. The fourth-order valence-corrected chi connectivity index (χ4v) is 3.50. The Labute approximate surface area is 191 Å². The van der Waals surface area contributed by atoms with Gasteiger partial charge in [0.05, 0.1) is 20.4 Å². The first-order valence-corrected chi connectivity index (χ1v) is 10.3. The number of methoxy groups -OCH3 is 2. The topological polar surface area (TPSA) is 77.5 Å². The predicted octanol–water partition coefficient (Wildman–Crippen LogP) is 4.93. The number of nitrogens with zero attached hydrogens (tertiary/aromatic N) is 2. The van der Waals surface area contributed by atoms with Gasteiger partial charge in [-0.1, -0.05) is 48.5 Å². The molecule has 4 aromatic rings. The van der Waals surface area contributed by atoms with Crippen LogP contribution in [0.25, 0.3) is 10.8 Å². The van der Waals surface area contributed by atoms with Crippen LogP contribution in [0.1, 0.15) is 5.56 Å². The van der Waals surface area contributed by atoms with E-state index in [9.17, 15) is 0 Å². The molecule has 0 atom stereocenters. The van der Waals surface area contributed by atoms with Gasteiger partial charge in [0.25, 0.3) is 0 Å². The van der Waals surface area contributed by atoms with Crippen LogP contribution in [0.5, 0.6) is 23.1 Å². The van der Waals surface area contributed by atoms with Crippen molar-refractivity contribution in [3.8, 4) is 23.1 Å². The lowest BCUT2D eigenvalue weighted by molar-refractivity contribution is 0.334. The largest absolute Gasteiger partial charge is 0.493 e. The van der Waals surface area contributed by atoms with E-state index < -0.39 is 0 Å². The van der Waals surface area contributed by atoms with E-state index in [1.165, 1.54) is 17.1 Å². The SMILES string of the molecule is COc1cccc(Oc2ncncc2NC(=S)NCc2cccc3ccccc23)c1OC. The number of aromatic nitrogens is 2. The summed E-state index contributed by atoms with van der Waals surface area (Å²) in [5.41, 5.74) is 1.67. The van der Waals surface area contributed by atoms with Gasteiger partial charge in [0, 0.05) is 6.54 Å². The number of para-hydroxylation sites is 1. The molecule has 0 fully saturated rings. The Hall–Kier alpha value is -3.91. The third-order valence-corrected chi connectivity index (χ3v) is 5.06. The van der Waals surface area contributed by atoms with Crippen molar-refractivity contribution in [2.45, 2.75) is 6.54 Å². The smallest absolute Gasteiger partial charge is 0.246 e. The monoisotopic (exact) mass is 446 g/mol. The van der Waals surface area contributed by atoms with Gasteiger partial charge in [-0.25, -0.2) is 4.98 Å². The second-order valence-corrected chi connectivity index (χ2v) is 7.19. The molecule has 1 heterocycles. The first kappa shape index (κ1) is 21.3. The maximum atomic E-state index is 5.99. The highest BCUT2D eigenvalue weighted by atomic mass is 32.1. The number of thiocarbonyl (C=S) groups is 1. The number of hydrogen-bond donors (Lipinski definition) is 2. The number of benzene rings is 3. The molecule has 0 aliphatic heterocycles. The van der Waals surface area contributed by atoms with Crippen LogP contribution < -0.4 is 24.8 Å². The summed E-state index contributed by atoms with van der Waals surface area (Å²) in [6, 6.07) is 19.8. The van der Waals surface area contributed by atoms with Crippen LogP contribution in [0.3, 0.4) is 0 Å². The standard InChI is InChI=1S/C24H22N4O3S/c1-29-20-11-6-12-21(22(20)30-2)31-23-19(14-25-15-27-23)28-24(32)26-13-17-9-5-8-16-7-3-4-10-18(16)17/h3-12,14-15H,13H2,1-2H3,(H2,26,28,32). The van der Waals surface area contributed by atoms with E-state index in [0.717, 1.165) is 5.56 Å². The summed E-state index contributed by atoms with van der Waals surface area (Å²) in [6.07, 6.45) is 3.00. The van der Waals surface area contributed by atoms with E-state index in [4.69, 9.17) is 26.4 Å². The maximum absolute atomic E-state index is 5.99. The van der Waals surface area contributed by atoms with Crippen molar-refractivity contribution in [2.75, 3.05) is 19.5 Å². The predicted molar refractivity (Wildman–Crippen MR) is 129 cm³/mol. The summed E-state index contributed by atoms with van der Waals surface area (Å²) >= 11 is 5.49. The molecule has 0 saturated heterocycles. The molecule has 0 bridgehead atoms. The minimum atomic E-state index is 0.306. The Balaban J connectivity index is 1.48. The van der Waals surface area contributed by atoms with Gasteiger partial charge in [-0.15, -0.1) is 0 Å². The molecular weight excluding hydrogens is 424 g/mol. The third-order valence-electron chi connectivity index (χ3n) is 4.82. The summed E-state index contributed by atoms with van der Waals surface area (Å²) in [6.45, 7) is 0.570. The minimum absolute atomic E-state index is 0.306. The molecule has 1 aromatic heterocycles. The van der Waals surface area contributed by atoms with E-state index >= 15 is 0 Å². The van der Waals surface area contributed by atoms with Crippen molar-refractivity contribution < 1.29 is 14.2 Å². The Morgan fingerprint density at radius 1 is 0.938 bits per heavy atom. The zero-order valence-electron chi connectivity index (χ0n) is 17.7. The van der Waals surface area contributed by atoms with Crippen molar-refractivity contribution in [1.29, 1.82) is 0 Å². The lowest BCUT2D eigenvalue weighted by atomic mass is 10.0. The zero-order chi connectivity index (χ0) is 22.3. The summed E-state index contributed by atoms with van der Waals surface area (Å²) in [5.74, 6) is 1.79. The molecule has 162 valence electrons. The average Bonchev–Trinajstić information content (AvgIpc) is 2.83. The number of ether oxygens (including phenoxy) is 3. The second-order valence-electron chi connectivity index (χ2n) is 6.78. The van der Waals surface area contributed by atoms with Crippen molar-refractivity contribution in [3.05, 3.63) is 78.8 Å². The van der Waals surface area contributed by atoms with Gasteiger partial charge < -0.3 is 24.8 Å². The normalized spacial score (nSPS) is 10.4. The van der Waals surface area contributed by atoms with Gasteiger partial charge in [-0.05, 0) is 40.7 Å². The van der Waals surface area contributed by atoms with E-state index in [2.05, 4.69) is 44.9 Å². The molecule has 0 saturated carbocycles. The molecule has 3 aromatic carbocycles. The highest BCUT2D eigenvalue weighted by molar-refractivity contribution is 7.80. The van der Waals surface area contributed by atoms with Gasteiger partial charge in [0.2, 0.25) is 11.6 Å². The van der Waals surface area contributed by atoms with E-state index in [1.807, 2.05) is 18.2 Å². The fraction of sp³-hybridized carbons (Fsp3) is 0.125. The van der Waals surface area contributed by atoms with Crippen LogP contribution in [0.2, 0.25) is 0 Å². The third kappa shape index (κ3) is 4.70. The number of anilines is 1. The molecule has 0 amide bonds. The first-order chi connectivity index (χ1) is 15.7. The first-order valence-electron chi connectivity index (χ1n) is 9.90. The van der Waals surface area contributed by atoms with E-state index in [-0.39, 0.29) is 0 Å². The van der Waals surface area contributed by atoms with Crippen molar-refractivity contribution >= 4 is 33.8 Å². The highest BCUT2D eigenvalue weighted by Gasteiger charge is 2.15. The van der Waals surface area contributed by atoms with Crippen LogP contribution in [0, 0.1) is 0 Å². The zero-order valence-corrected chi connectivity index (χ0v) is 18.5. The molecule has 2 N–H and O–H groups in total. The van der Waals surface area contributed by atoms with Gasteiger partial charge in [-0.2, -0.15) is 4.98 Å². The minimum Gasteiger partial charge on any atom is -0.493 e. The molecule has 7 nitrogen and oxygen atoms in total. The molecule has 0 radical (unpaired) electrons. The Morgan fingerprint density at radius 3 is 2.56 bits per heavy atom. The van der Waals surface area contributed by atoms with Crippen LogP contribution >= 0.6 is 12.2 Å². The van der Waals surface area contributed by atoms with Gasteiger partial charge in [0.1, 0.15) is 12.0 Å². The van der Waals surface area contributed by atoms with Crippen LogP contribution in [-0.4, -0.2) is 29.3 Å². The molecule has 0 aliphatic rings. The Morgan fingerprint density at radius 2 is 1.72 bits per heavy atom. The Kier molecular flexibility index (Phi) is 6.62. The summed E-state index contributed by atoms with van der Waals surface area (Å²) < 4.78 is 16.8. The second kappa shape index (κ2) is 9.93. The molecule has 32 heavy (non-hydrogen) atoms. The van der Waals surface area contributed by atoms with Crippen LogP contribution in [-0.2, 0) is 6.54 Å². The van der Waals surface area contributed by atoms with Gasteiger partial charge >= 0.3 is 0 Å². The number of nitrogens with one attached hydrogen (secondary N) is 2. The van der Waals surface area contributed by atoms with Crippen molar-refractivity contribution in [2.24, 2.45) is 0 Å². The number of rotatable bonds is 7. The number of fused-ring (bicyclic) bond motifs is 1. The van der Waals surface area contributed by atoms with Gasteiger partial charge in [0.15, 0.2) is 16.6 Å². The van der Waals surface area contributed by atoms with Crippen molar-refractivity contribution in [1.82, 2.24) is 15.3 Å². The van der Waals surface area contributed by atoms with Gasteiger partial charge in [-0.3, -0.25) is 0 Å². The quantitative estimate of drug-likeness (QED) is 0.387. The average molecular weight is 447 g/mol. The fourth-order valence-electron chi connectivity index (χ4n) is 3.32. The summed E-state index contributed by atoms with van der Waals surface area (Å²) in [4.78, 5) is 8.32. The summed E-state index contributed by atoms with van der Waals surface area (Å²) in [7, 11) is 3.12. The molecule has 8 heteroatoms. The molecule has 0 spiro atoms.